The Labute approximate surface area is 137 Å². The molecule has 21 heavy (non-hydrogen) atoms. The van der Waals surface area contributed by atoms with Gasteiger partial charge in [0, 0.05) is 6.54 Å². The smallest absolute Gasteiger partial charge is 0.307 e. The van der Waals surface area contributed by atoms with E-state index in [0.29, 0.717) is 6.42 Å². The summed E-state index contributed by atoms with van der Waals surface area (Å²) in [6, 6.07) is 4.48. The van der Waals surface area contributed by atoms with E-state index in [4.69, 9.17) is 16.7 Å². The van der Waals surface area contributed by atoms with Gasteiger partial charge in [-0.1, -0.05) is 31.5 Å². The minimum absolute atomic E-state index is 0.0105. The van der Waals surface area contributed by atoms with Gasteiger partial charge in [0.25, 0.3) is 0 Å². The molecule has 2 N–H and O–H groups in total. The van der Waals surface area contributed by atoms with Gasteiger partial charge in [-0.05, 0) is 40.4 Å². The Morgan fingerprint density at radius 2 is 2.05 bits per heavy atom. The van der Waals surface area contributed by atoms with Crippen molar-refractivity contribution in [2.24, 2.45) is 11.8 Å². The van der Waals surface area contributed by atoms with Crippen LogP contribution in [-0.4, -0.2) is 26.0 Å². The van der Waals surface area contributed by atoms with Crippen molar-refractivity contribution in [1.29, 1.82) is 0 Å². The first-order valence-corrected chi connectivity index (χ1v) is 8.97. The molecule has 0 saturated carbocycles. The topological polar surface area (TPSA) is 83.5 Å². The molecule has 1 unspecified atom stereocenters. The summed E-state index contributed by atoms with van der Waals surface area (Å²) in [5.41, 5.74) is 0. The molecule has 1 aromatic carbocycles. The molecule has 0 heterocycles. The van der Waals surface area contributed by atoms with Crippen LogP contribution in [0.1, 0.15) is 20.3 Å². The van der Waals surface area contributed by atoms with E-state index in [9.17, 15) is 13.2 Å². The summed E-state index contributed by atoms with van der Waals surface area (Å²) >= 11 is 8.99. The first-order chi connectivity index (χ1) is 9.65. The maximum Gasteiger partial charge on any atom is 0.307 e. The lowest BCUT2D eigenvalue weighted by Crippen LogP contribution is -2.33. The van der Waals surface area contributed by atoms with Gasteiger partial charge in [0.1, 0.15) is 0 Å². The van der Waals surface area contributed by atoms with Gasteiger partial charge in [-0.3, -0.25) is 4.79 Å². The van der Waals surface area contributed by atoms with Crippen molar-refractivity contribution in [2.45, 2.75) is 25.2 Å². The molecule has 0 radical (unpaired) electrons. The van der Waals surface area contributed by atoms with Gasteiger partial charge in [0.15, 0.2) is 0 Å². The van der Waals surface area contributed by atoms with Crippen molar-refractivity contribution >= 4 is 43.5 Å². The van der Waals surface area contributed by atoms with Gasteiger partial charge < -0.3 is 5.11 Å². The number of carbonyl (C=O) groups is 1. The quantitative estimate of drug-likeness (QED) is 0.739. The minimum atomic E-state index is -3.82. The summed E-state index contributed by atoms with van der Waals surface area (Å²) in [5.74, 6) is -1.62. The molecular weight excluding hydrogens is 382 g/mol. The number of nitrogens with one attached hydrogen (secondary N) is 1. The number of carboxylic acids is 1. The lowest BCUT2D eigenvalue weighted by Gasteiger charge is -2.16. The van der Waals surface area contributed by atoms with E-state index in [2.05, 4.69) is 20.7 Å². The van der Waals surface area contributed by atoms with E-state index >= 15 is 0 Å². The Kier molecular flexibility index (Phi) is 6.65. The highest BCUT2D eigenvalue weighted by atomic mass is 79.9. The van der Waals surface area contributed by atoms with Gasteiger partial charge >= 0.3 is 5.97 Å². The second-order valence-electron chi connectivity index (χ2n) is 5.07. The van der Waals surface area contributed by atoms with Gasteiger partial charge in [-0.2, -0.15) is 0 Å². The molecule has 0 aliphatic rings. The van der Waals surface area contributed by atoms with Crippen LogP contribution < -0.4 is 4.72 Å². The van der Waals surface area contributed by atoms with Crippen LogP contribution in [0.2, 0.25) is 5.02 Å². The van der Waals surface area contributed by atoms with Gasteiger partial charge in [0.05, 0.1) is 20.3 Å². The van der Waals surface area contributed by atoms with Crippen LogP contribution in [0.5, 0.6) is 0 Å². The molecule has 118 valence electrons. The van der Waals surface area contributed by atoms with E-state index in [1.165, 1.54) is 12.1 Å². The van der Waals surface area contributed by atoms with E-state index in [1.807, 2.05) is 13.8 Å². The Morgan fingerprint density at radius 3 is 2.57 bits per heavy atom. The summed E-state index contributed by atoms with van der Waals surface area (Å²) in [7, 11) is -3.82. The average molecular weight is 399 g/mol. The monoisotopic (exact) mass is 397 g/mol. The highest BCUT2D eigenvalue weighted by Crippen LogP contribution is 2.29. The highest BCUT2D eigenvalue weighted by molar-refractivity contribution is 9.10. The molecule has 0 aromatic heterocycles. The van der Waals surface area contributed by atoms with Gasteiger partial charge in [0.2, 0.25) is 10.0 Å². The average Bonchev–Trinajstić information content (AvgIpc) is 2.36. The van der Waals surface area contributed by atoms with E-state index < -0.39 is 21.9 Å². The van der Waals surface area contributed by atoms with Crippen molar-refractivity contribution in [2.75, 3.05) is 6.54 Å². The first kappa shape index (κ1) is 18.4. The van der Waals surface area contributed by atoms with E-state index in [1.54, 1.807) is 6.07 Å². The minimum Gasteiger partial charge on any atom is -0.481 e. The number of hydrogen-bond acceptors (Lipinski definition) is 3. The van der Waals surface area contributed by atoms with Crippen LogP contribution in [0.25, 0.3) is 0 Å². The highest BCUT2D eigenvalue weighted by Gasteiger charge is 2.24. The predicted molar refractivity (Wildman–Crippen MR) is 84.9 cm³/mol. The zero-order valence-electron chi connectivity index (χ0n) is 11.6. The number of halogens is 2. The summed E-state index contributed by atoms with van der Waals surface area (Å²) in [6.07, 6.45) is 0.397. The SMILES string of the molecule is CC(C)CC(CNS(=O)(=O)c1cccc(Cl)c1Br)C(=O)O. The fourth-order valence-electron chi connectivity index (χ4n) is 1.82. The van der Waals surface area contributed by atoms with Crippen molar-refractivity contribution < 1.29 is 18.3 Å². The molecule has 8 heteroatoms. The molecule has 5 nitrogen and oxygen atoms in total. The predicted octanol–water partition coefficient (Wildman–Crippen LogP) is 3.13. The van der Waals surface area contributed by atoms with E-state index in [-0.39, 0.29) is 26.9 Å². The van der Waals surface area contributed by atoms with Crippen LogP contribution in [0, 0.1) is 11.8 Å². The standard InChI is InChI=1S/C13H17BrClNO4S/c1-8(2)6-9(13(17)18)7-16-21(19,20)11-5-3-4-10(15)12(11)14/h3-5,8-9,16H,6-7H2,1-2H3,(H,17,18). The molecule has 1 atom stereocenters. The summed E-state index contributed by atoms with van der Waals surface area (Å²) in [6.45, 7) is 3.62. The zero-order valence-corrected chi connectivity index (χ0v) is 14.8. The molecule has 0 fully saturated rings. The molecule has 0 bridgehead atoms. The Hall–Kier alpha value is -0.630. The third-order valence-electron chi connectivity index (χ3n) is 2.83. The van der Waals surface area contributed by atoms with Crippen LogP contribution in [0.15, 0.2) is 27.6 Å². The zero-order chi connectivity index (χ0) is 16.2. The molecule has 1 aromatic rings. The molecule has 0 spiro atoms. The third-order valence-corrected chi connectivity index (χ3v) is 5.96. The molecule has 0 aliphatic carbocycles. The summed E-state index contributed by atoms with van der Waals surface area (Å²) in [5, 5.41) is 9.40. The Bertz CT molecular complexity index is 619. The number of hydrogen-bond donors (Lipinski definition) is 2. The first-order valence-electron chi connectivity index (χ1n) is 6.31. The summed E-state index contributed by atoms with van der Waals surface area (Å²) < 4.78 is 27.0. The molecule has 0 saturated heterocycles. The molecular formula is C13H17BrClNO4S. The Morgan fingerprint density at radius 1 is 1.43 bits per heavy atom. The number of aliphatic carboxylic acids is 1. The molecule has 0 amide bonds. The number of benzene rings is 1. The summed E-state index contributed by atoms with van der Waals surface area (Å²) in [4.78, 5) is 11.1. The van der Waals surface area contributed by atoms with Crippen molar-refractivity contribution in [3.05, 3.63) is 27.7 Å². The van der Waals surface area contributed by atoms with Gasteiger partial charge in [-0.15, -0.1) is 0 Å². The van der Waals surface area contributed by atoms with Crippen LogP contribution in [0.4, 0.5) is 0 Å². The van der Waals surface area contributed by atoms with Gasteiger partial charge in [-0.25, -0.2) is 13.1 Å². The Balaban J connectivity index is 2.90. The van der Waals surface area contributed by atoms with E-state index in [0.717, 1.165) is 0 Å². The second-order valence-corrected chi connectivity index (χ2v) is 8.00. The largest absolute Gasteiger partial charge is 0.481 e. The maximum absolute atomic E-state index is 12.2. The van der Waals surface area contributed by atoms with Crippen molar-refractivity contribution in [3.8, 4) is 0 Å². The van der Waals surface area contributed by atoms with Crippen LogP contribution in [0.3, 0.4) is 0 Å². The molecule has 1 rings (SSSR count). The number of carboxylic acid groups (broad SMARTS) is 1. The molecule has 0 aliphatic heterocycles. The third kappa shape index (κ3) is 5.25. The second kappa shape index (κ2) is 7.58. The van der Waals surface area contributed by atoms with Crippen molar-refractivity contribution in [3.63, 3.8) is 0 Å². The van der Waals surface area contributed by atoms with Crippen molar-refractivity contribution in [1.82, 2.24) is 4.72 Å². The fraction of sp³-hybridized carbons (Fsp3) is 0.462. The normalized spacial score (nSPS) is 13.4. The van der Waals surface area contributed by atoms with Crippen LogP contribution >= 0.6 is 27.5 Å². The lowest BCUT2D eigenvalue weighted by atomic mass is 9.98. The number of sulfonamides is 1. The lowest BCUT2D eigenvalue weighted by molar-refractivity contribution is -0.142. The number of rotatable bonds is 7. The fourth-order valence-corrected chi connectivity index (χ4v) is 4.13. The maximum atomic E-state index is 12.2. The van der Waals surface area contributed by atoms with Crippen LogP contribution in [-0.2, 0) is 14.8 Å².